The topological polar surface area (TPSA) is 106 Å². The average molecular weight is 273 g/mol. The van der Waals surface area contributed by atoms with Gasteiger partial charge in [0, 0.05) is 12.4 Å². The van der Waals surface area contributed by atoms with Crippen molar-refractivity contribution in [1.82, 2.24) is 19.6 Å². The molecule has 102 valence electrons. The Morgan fingerprint density at radius 1 is 1.55 bits per heavy atom. The third kappa shape index (κ3) is 2.07. The summed E-state index contributed by atoms with van der Waals surface area (Å²) in [5.41, 5.74) is 0.754. The van der Waals surface area contributed by atoms with Gasteiger partial charge < -0.3 is 14.8 Å². The van der Waals surface area contributed by atoms with E-state index in [0.29, 0.717) is 29.5 Å². The summed E-state index contributed by atoms with van der Waals surface area (Å²) in [5, 5.41) is 19.7. The maximum absolute atomic E-state index is 10.9. The van der Waals surface area contributed by atoms with Crippen LogP contribution in [0.25, 0.3) is 5.65 Å². The molecule has 0 saturated carbocycles. The summed E-state index contributed by atoms with van der Waals surface area (Å²) in [7, 11) is 0. The molecule has 0 atom stereocenters. The number of rotatable bonds is 4. The Kier molecular flexibility index (Phi) is 2.82. The second kappa shape index (κ2) is 4.65. The number of aromatic carboxylic acids is 1. The van der Waals surface area contributed by atoms with E-state index in [-0.39, 0.29) is 5.56 Å². The second-order valence-corrected chi connectivity index (χ2v) is 4.18. The van der Waals surface area contributed by atoms with Gasteiger partial charge in [0.25, 0.3) is 0 Å². The highest BCUT2D eigenvalue weighted by atomic mass is 16.4. The number of nitrogens with one attached hydrogen (secondary N) is 1. The number of aryl methyl sites for hydroxylation is 1. The summed E-state index contributed by atoms with van der Waals surface area (Å²) in [6, 6.07) is 1.49. The molecule has 0 aliphatic carbocycles. The summed E-state index contributed by atoms with van der Waals surface area (Å²) < 4.78 is 7.10. The number of hydrogen-bond donors (Lipinski definition) is 2. The van der Waals surface area contributed by atoms with Crippen LogP contribution in [-0.4, -0.2) is 30.7 Å². The number of carbonyl (C=O) groups is 1. The predicted octanol–water partition coefficient (Wildman–Crippen LogP) is 1.34. The lowest BCUT2D eigenvalue weighted by Crippen LogP contribution is -2.03. The van der Waals surface area contributed by atoms with E-state index in [1.807, 2.05) is 0 Å². The van der Waals surface area contributed by atoms with Gasteiger partial charge in [0.15, 0.2) is 5.82 Å². The molecule has 3 heterocycles. The van der Waals surface area contributed by atoms with Gasteiger partial charge in [-0.15, -0.1) is 10.2 Å². The summed E-state index contributed by atoms with van der Waals surface area (Å²) in [6.45, 7) is 1.93. The Balaban J connectivity index is 1.81. The molecule has 2 N–H and O–H groups in total. The Labute approximate surface area is 113 Å². The molecule has 3 aromatic rings. The molecule has 8 nitrogen and oxygen atoms in total. The van der Waals surface area contributed by atoms with Gasteiger partial charge >= 0.3 is 5.97 Å². The fourth-order valence-corrected chi connectivity index (χ4v) is 1.90. The molecule has 0 spiro atoms. The minimum Gasteiger partial charge on any atom is -0.478 e. The van der Waals surface area contributed by atoms with E-state index in [9.17, 15) is 4.79 Å². The van der Waals surface area contributed by atoms with E-state index in [4.69, 9.17) is 9.52 Å². The highest BCUT2D eigenvalue weighted by Crippen LogP contribution is 2.17. The van der Waals surface area contributed by atoms with E-state index < -0.39 is 5.97 Å². The fourth-order valence-electron chi connectivity index (χ4n) is 1.90. The first kappa shape index (κ1) is 12.2. The van der Waals surface area contributed by atoms with E-state index in [2.05, 4.69) is 20.5 Å². The number of fused-ring (bicyclic) bond motifs is 1. The van der Waals surface area contributed by atoms with Crippen LogP contribution in [-0.2, 0) is 6.54 Å². The molecule has 0 amide bonds. The minimum absolute atomic E-state index is 0.162. The summed E-state index contributed by atoms with van der Waals surface area (Å²) in [6.07, 6.45) is 4.93. The van der Waals surface area contributed by atoms with Crippen LogP contribution >= 0.6 is 0 Å². The molecule has 0 unspecified atom stereocenters. The van der Waals surface area contributed by atoms with Gasteiger partial charge in [-0.2, -0.15) is 0 Å². The molecule has 0 radical (unpaired) electrons. The minimum atomic E-state index is -1.00. The maximum Gasteiger partial charge on any atom is 0.339 e. The van der Waals surface area contributed by atoms with Crippen molar-refractivity contribution >= 4 is 17.4 Å². The Morgan fingerprint density at radius 3 is 3.15 bits per heavy atom. The molecule has 3 rings (SSSR count). The quantitative estimate of drug-likeness (QED) is 0.738. The lowest BCUT2D eigenvalue weighted by molar-refractivity contribution is 0.0695. The zero-order chi connectivity index (χ0) is 14.1. The van der Waals surface area contributed by atoms with Crippen LogP contribution in [0.2, 0.25) is 0 Å². The van der Waals surface area contributed by atoms with Gasteiger partial charge in [0.05, 0.1) is 6.54 Å². The molecule has 0 bridgehead atoms. The third-order valence-corrected chi connectivity index (χ3v) is 2.85. The van der Waals surface area contributed by atoms with Crippen LogP contribution in [0.3, 0.4) is 0 Å². The van der Waals surface area contributed by atoms with Gasteiger partial charge in [0.1, 0.15) is 23.4 Å². The molecular weight excluding hydrogens is 262 g/mol. The molecule has 8 heteroatoms. The molecular formula is C12H11N5O3. The van der Waals surface area contributed by atoms with E-state index in [0.717, 1.165) is 0 Å². The van der Waals surface area contributed by atoms with Gasteiger partial charge in [-0.05, 0) is 13.0 Å². The SMILES string of the molecule is Cc1oc(CNc2nccn3cnnc23)cc1C(=O)O. The molecule has 0 aromatic carbocycles. The fraction of sp³-hybridized carbons (Fsp3) is 0.167. The zero-order valence-corrected chi connectivity index (χ0v) is 10.6. The first-order valence-corrected chi connectivity index (χ1v) is 5.86. The number of hydrogen-bond acceptors (Lipinski definition) is 6. The van der Waals surface area contributed by atoms with Crippen LogP contribution in [0.15, 0.2) is 29.2 Å². The monoisotopic (exact) mass is 273 g/mol. The molecule has 3 aromatic heterocycles. The molecule has 0 saturated heterocycles. The third-order valence-electron chi connectivity index (χ3n) is 2.85. The smallest absolute Gasteiger partial charge is 0.339 e. The number of aromatic nitrogens is 4. The van der Waals surface area contributed by atoms with Crippen LogP contribution in [0.5, 0.6) is 0 Å². The molecule has 20 heavy (non-hydrogen) atoms. The van der Waals surface area contributed by atoms with Crippen molar-refractivity contribution in [2.75, 3.05) is 5.32 Å². The van der Waals surface area contributed by atoms with Crippen LogP contribution in [0.4, 0.5) is 5.82 Å². The molecule has 0 aliphatic rings. The standard InChI is InChI=1S/C12H11N5O3/c1-7-9(12(18)19)4-8(20-7)5-14-10-11-16-15-6-17(11)3-2-13-10/h2-4,6H,5H2,1H3,(H,13,14)(H,18,19). The van der Waals surface area contributed by atoms with Crippen LogP contribution in [0.1, 0.15) is 21.9 Å². The highest BCUT2D eigenvalue weighted by Gasteiger charge is 2.14. The summed E-state index contributed by atoms with van der Waals surface area (Å²) in [5.74, 6) is 0.442. The van der Waals surface area contributed by atoms with Crippen molar-refractivity contribution in [2.45, 2.75) is 13.5 Å². The van der Waals surface area contributed by atoms with Gasteiger partial charge in [-0.25, -0.2) is 9.78 Å². The number of carboxylic acids is 1. The van der Waals surface area contributed by atoms with Crippen molar-refractivity contribution in [3.05, 3.63) is 41.9 Å². The van der Waals surface area contributed by atoms with E-state index >= 15 is 0 Å². The first-order valence-electron chi connectivity index (χ1n) is 5.86. The van der Waals surface area contributed by atoms with Gasteiger partial charge in [-0.3, -0.25) is 4.40 Å². The van der Waals surface area contributed by atoms with Crippen LogP contribution < -0.4 is 5.32 Å². The van der Waals surface area contributed by atoms with E-state index in [1.165, 1.54) is 6.07 Å². The van der Waals surface area contributed by atoms with Gasteiger partial charge in [0.2, 0.25) is 5.65 Å². The molecule has 0 fully saturated rings. The van der Waals surface area contributed by atoms with Gasteiger partial charge in [-0.1, -0.05) is 0 Å². The normalized spacial score (nSPS) is 10.8. The second-order valence-electron chi connectivity index (χ2n) is 4.18. The van der Waals surface area contributed by atoms with Crippen molar-refractivity contribution in [1.29, 1.82) is 0 Å². The largest absolute Gasteiger partial charge is 0.478 e. The summed E-state index contributed by atoms with van der Waals surface area (Å²) >= 11 is 0. The number of anilines is 1. The highest BCUT2D eigenvalue weighted by molar-refractivity contribution is 5.88. The van der Waals surface area contributed by atoms with Crippen molar-refractivity contribution < 1.29 is 14.3 Å². The van der Waals surface area contributed by atoms with Crippen molar-refractivity contribution in [3.8, 4) is 0 Å². The predicted molar refractivity (Wildman–Crippen MR) is 68.5 cm³/mol. The summed E-state index contributed by atoms with van der Waals surface area (Å²) in [4.78, 5) is 15.1. The number of furan rings is 1. The Bertz CT molecular complexity index is 776. The molecule has 0 aliphatic heterocycles. The lowest BCUT2D eigenvalue weighted by Gasteiger charge is -2.03. The van der Waals surface area contributed by atoms with Crippen molar-refractivity contribution in [3.63, 3.8) is 0 Å². The van der Waals surface area contributed by atoms with Crippen LogP contribution in [0, 0.1) is 6.92 Å². The van der Waals surface area contributed by atoms with Crippen molar-refractivity contribution in [2.24, 2.45) is 0 Å². The first-order chi connectivity index (χ1) is 9.65. The Morgan fingerprint density at radius 2 is 2.40 bits per heavy atom. The lowest BCUT2D eigenvalue weighted by atomic mass is 10.2. The average Bonchev–Trinajstić information content (AvgIpc) is 3.02. The number of carboxylic acid groups (broad SMARTS) is 1. The maximum atomic E-state index is 10.9. The van der Waals surface area contributed by atoms with E-state index in [1.54, 1.807) is 30.0 Å². The Hall–Kier alpha value is -2.90. The number of nitrogens with zero attached hydrogens (tertiary/aromatic N) is 4. The zero-order valence-electron chi connectivity index (χ0n) is 10.6.